The van der Waals surface area contributed by atoms with Crippen LogP contribution in [0.15, 0.2) is 0 Å². The Kier molecular flexibility index (Phi) is 6.20. The number of nitrogens with two attached hydrogens (primary N) is 1. The minimum Gasteiger partial charge on any atom is -0.358 e. The van der Waals surface area contributed by atoms with Crippen molar-refractivity contribution in [1.29, 1.82) is 0 Å². The Labute approximate surface area is 80.4 Å². The molecule has 3 heteroatoms. The smallest absolute Gasteiger partial charge is 0.232 e. The molecule has 3 N–H and O–H groups in total. The minimum atomic E-state index is -0.122. The summed E-state index contributed by atoms with van der Waals surface area (Å²) in [5, 5.41) is 7.98. The monoisotopic (exact) mass is 185 g/mol. The lowest BCUT2D eigenvalue weighted by Crippen LogP contribution is -2.40. The van der Waals surface area contributed by atoms with Crippen molar-refractivity contribution >= 4 is 12.1 Å². The molecule has 0 rings (SSSR count). The highest BCUT2D eigenvalue weighted by Gasteiger charge is 2.16. The maximum Gasteiger partial charge on any atom is 0.232 e. The Morgan fingerprint density at radius 3 is 2.46 bits per heavy atom. The maximum atomic E-state index is 11.2. The molecule has 13 heavy (non-hydrogen) atoms. The average Bonchev–Trinajstić information content (AvgIpc) is 2.11. The van der Waals surface area contributed by atoms with E-state index in [4.69, 9.17) is 5.41 Å². The molecule has 1 unspecified atom stereocenters. The van der Waals surface area contributed by atoms with Crippen LogP contribution in [0.4, 0.5) is 0 Å². The molecule has 0 radical (unpaired) electrons. The highest BCUT2D eigenvalue weighted by atomic mass is 16.1. The predicted molar refractivity (Wildman–Crippen MR) is 54.2 cm³/mol. The molecule has 1 atom stereocenters. The van der Waals surface area contributed by atoms with Crippen LogP contribution < -0.4 is 10.7 Å². The molecule has 0 aliphatic carbocycles. The van der Waals surface area contributed by atoms with Gasteiger partial charge in [-0.2, -0.15) is 0 Å². The van der Waals surface area contributed by atoms with E-state index in [0.29, 0.717) is 5.92 Å². The van der Waals surface area contributed by atoms with Gasteiger partial charge < -0.3 is 5.32 Å². The van der Waals surface area contributed by atoms with E-state index < -0.39 is 0 Å². The summed E-state index contributed by atoms with van der Waals surface area (Å²) < 4.78 is 0. The normalized spacial score (nSPS) is 12.6. The first-order chi connectivity index (χ1) is 6.11. The summed E-state index contributed by atoms with van der Waals surface area (Å²) in [7, 11) is 1.64. The zero-order valence-corrected chi connectivity index (χ0v) is 8.84. The molecular formula is C10H21N2O+. The molecule has 0 aromatic carbocycles. The molecule has 0 aliphatic heterocycles. The molecule has 0 saturated heterocycles. The van der Waals surface area contributed by atoms with Crippen LogP contribution in [0.2, 0.25) is 0 Å². The van der Waals surface area contributed by atoms with Gasteiger partial charge in [0, 0.05) is 7.05 Å². The molecular weight excluding hydrogens is 164 g/mol. The van der Waals surface area contributed by atoms with Crippen LogP contribution >= 0.6 is 0 Å². The summed E-state index contributed by atoms with van der Waals surface area (Å²) in [6.45, 7) is 4.36. The number of hydrogen-bond donors (Lipinski definition) is 2. The van der Waals surface area contributed by atoms with Crippen LogP contribution in [0, 0.1) is 11.8 Å². The van der Waals surface area contributed by atoms with E-state index in [1.165, 1.54) is 6.21 Å². The standard InChI is InChI=1S/C10H20N2O/c1-8(2)5-4-6-9(7-11)10(13)12-3/h7-9,11H,4-6H2,1-3H3,(H,12,13)/p+1. The third kappa shape index (κ3) is 5.39. The van der Waals surface area contributed by atoms with Crippen molar-refractivity contribution < 1.29 is 10.2 Å². The molecule has 0 saturated carbocycles. The first-order valence-electron chi connectivity index (χ1n) is 4.88. The molecule has 76 valence electrons. The molecule has 0 heterocycles. The van der Waals surface area contributed by atoms with Crippen molar-refractivity contribution in [3.05, 3.63) is 0 Å². The Hall–Kier alpha value is -0.860. The van der Waals surface area contributed by atoms with Gasteiger partial charge in [-0.25, -0.2) is 0 Å². The largest absolute Gasteiger partial charge is 0.358 e. The number of amides is 1. The number of hydrogen-bond acceptors (Lipinski definition) is 1. The van der Waals surface area contributed by atoms with Crippen LogP contribution in [0.5, 0.6) is 0 Å². The van der Waals surface area contributed by atoms with Gasteiger partial charge in [-0.3, -0.25) is 10.2 Å². The van der Waals surface area contributed by atoms with Crippen molar-refractivity contribution in [2.24, 2.45) is 11.8 Å². The summed E-state index contributed by atoms with van der Waals surface area (Å²) in [6, 6.07) is 0. The van der Waals surface area contributed by atoms with Crippen molar-refractivity contribution in [2.75, 3.05) is 7.05 Å². The predicted octanol–water partition coefficient (Wildman–Crippen LogP) is 0.00480. The Balaban J connectivity index is 3.72. The highest BCUT2D eigenvalue weighted by Crippen LogP contribution is 2.10. The van der Waals surface area contributed by atoms with E-state index in [-0.39, 0.29) is 11.8 Å². The minimum absolute atomic E-state index is 0.0197. The molecule has 0 aliphatic rings. The summed E-state index contributed by atoms with van der Waals surface area (Å²) in [5.41, 5.74) is 0. The number of carbonyl (C=O) groups excluding carboxylic acids is 1. The van der Waals surface area contributed by atoms with Crippen LogP contribution in [0.3, 0.4) is 0 Å². The fraction of sp³-hybridized carbons (Fsp3) is 0.800. The molecule has 0 aromatic heterocycles. The van der Waals surface area contributed by atoms with Crippen LogP contribution in [0.25, 0.3) is 0 Å². The zero-order chi connectivity index (χ0) is 10.3. The second kappa shape index (κ2) is 6.63. The zero-order valence-electron chi connectivity index (χ0n) is 8.84. The molecule has 0 bridgehead atoms. The van der Waals surface area contributed by atoms with Crippen LogP contribution in [0.1, 0.15) is 33.1 Å². The van der Waals surface area contributed by atoms with Crippen molar-refractivity contribution in [3.63, 3.8) is 0 Å². The van der Waals surface area contributed by atoms with E-state index in [2.05, 4.69) is 19.2 Å². The Morgan fingerprint density at radius 2 is 2.08 bits per heavy atom. The van der Waals surface area contributed by atoms with Gasteiger partial charge in [-0.1, -0.05) is 26.7 Å². The molecule has 0 spiro atoms. The number of nitrogens with one attached hydrogen (secondary N) is 1. The number of rotatable bonds is 6. The third-order valence-electron chi connectivity index (χ3n) is 2.11. The van der Waals surface area contributed by atoms with Gasteiger partial charge >= 0.3 is 0 Å². The van der Waals surface area contributed by atoms with Gasteiger partial charge in [-0.05, 0) is 12.3 Å². The average molecular weight is 185 g/mol. The second-order valence-electron chi connectivity index (χ2n) is 3.74. The lowest BCUT2D eigenvalue weighted by atomic mass is 9.98. The fourth-order valence-corrected chi connectivity index (χ4v) is 1.25. The first kappa shape index (κ1) is 12.1. The van der Waals surface area contributed by atoms with E-state index in [9.17, 15) is 4.79 Å². The third-order valence-corrected chi connectivity index (χ3v) is 2.11. The fourth-order valence-electron chi connectivity index (χ4n) is 1.25. The second-order valence-corrected chi connectivity index (χ2v) is 3.74. The quantitative estimate of drug-likeness (QED) is 0.562. The Morgan fingerprint density at radius 1 is 1.46 bits per heavy atom. The topological polar surface area (TPSA) is 54.7 Å². The van der Waals surface area contributed by atoms with E-state index in [0.717, 1.165) is 19.3 Å². The van der Waals surface area contributed by atoms with Crippen molar-refractivity contribution in [1.82, 2.24) is 5.32 Å². The lowest BCUT2D eigenvalue weighted by Gasteiger charge is -2.08. The number of carbonyl (C=O) groups is 1. The molecule has 0 aromatic rings. The summed E-state index contributed by atoms with van der Waals surface area (Å²) in [4.78, 5) is 11.2. The molecule has 3 nitrogen and oxygen atoms in total. The summed E-state index contributed by atoms with van der Waals surface area (Å²) in [6.07, 6.45) is 4.55. The van der Waals surface area contributed by atoms with Gasteiger partial charge in [0.05, 0.1) is 0 Å². The van der Waals surface area contributed by atoms with Gasteiger partial charge in [0.2, 0.25) is 5.91 Å². The summed E-state index contributed by atoms with van der Waals surface area (Å²) in [5.74, 6) is 0.595. The lowest BCUT2D eigenvalue weighted by molar-refractivity contribution is -0.128. The SMILES string of the molecule is CNC(=O)C(C=[NH2+])CCCC(C)C. The summed E-state index contributed by atoms with van der Waals surface area (Å²) >= 11 is 0. The highest BCUT2D eigenvalue weighted by molar-refractivity contribution is 5.91. The first-order valence-corrected chi connectivity index (χ1v) is 4.88. The van der Waals surface area contributed by atoms with Gasteiger partial charge in [0.25, 0.3) is 0 Å². The van der Waals surface area contributed by atoms with Crippen LogP contribution in [-0.4, -0.2) is 19.2 Å². The van der Waals surface area contributed by atoms with Gasteiger partial charge in [0.1, 0.15) is 12.1 Å². The van der Waals surface area contributed by atoms with Gasteiger partial charge in [-0.15, -0.1) is 0 Å². The molecule has 1 amide bonds. The molecule has 0 fully saturated rings. The van der Waals surface area contributed by atoms with E-state index in [1.807, 2.05) is 0 Å². The van der Waals surface area contributed by atoms with Crippen molar-refractivity contribution in [3.8, 4) is 0 Å². The van der Waals surface area contributed by atoms with Crippen LogP contribution in [-0.2, 0) is 4.79 Å². The van der Waals surface area contributed by atoms with Crippen molar-refractivity contribution in [2.45, 2.75) is 33.1 Å². The van der Waals surface area contributed by atoms with E-state index in [1.54, 1.807) is 7.05 Å². The van der Waals surface area contributed by atoms with Gasteiger partial charge in [0.15, 0.2) is 0 Å². The van der Waals surface area contributed by atoms with E-state index >= 15 is 0 Å². The maximum absolute atomic E-state index is 11.2. The Bertz CT molecular complexity index is 166.